The van der Waals surface area contributed by atoms with E-state index in [2.05, 4.69) is 10.3 Å². The molecule has 1 saturated heterocycles. The third-order valence-corrected chi connectivity index (χ3v) is 7.09. The quantitative estimate of drug-likeness (QED) is 0.644. The van der Waals surface area contributed by atoms with Gasteiger partial charge in [0.05, 0.1) is 10.9 Å². The monoisotopic (exact) mass is 472 g/mol. The maximum atomic E-state index is 13.2. The summed E-state index contributed by atoms with van der Waals surface area (Å²) in [4.78, 5) is 28.3. The van der Waals surface area contributed by atoms with Gasteiger partial charge in [-0.25, -0.2) is 17.8 Å². The second kappa shape index (κ2) is 9.33. The fraction of sp³-hybridized carbons (Fsp3) is 0.421. The highest BCUT2D eigenvalue weighted by Crippen LogP contribution is 2.24. The lowest BCUT2D eigenvalue weighted by Crippen LogP contribution is -2.41. The van der Waals surface area contributed by atoms with Crippen molar-refractivity contribution in [1.29, 1.82) is 0 Å². The molecule has 0 bridgehead atoms. The molecule has 1 fully saturated rings. The van der Waals surface area contributed by atoms with Crippen LogP contribution in [0, 0.1) is 18.7 Å². The first-order valence-corrected chi connectivity index (χ1v) is 11.3. The molecule has 9 nitrogen and oxygen atoms in total. The summed E-state index contributed by atoms with van der Waals surface area (Å²) in [6.45, 7) is 1.50. The van der Waals surface area contributed by atoms with Gasteiger partial charge in [0.2, 0.25) is 0 Å². The number of ether oxygens (including phenoxy) is 1. The summed E-state index contributed by atoms with van der Waals surface area (Å²) < 4.78 is 46.5. The van der Waals surface area contributed by atoms with Crippen molar-refractivity contribution in [3.05, 3.63) is 41.1 Å². The van der Waals surface area contributed by atoms with Crippen LogP contribution in [0.1, 0.15) is 18.7 Å². The number of carbonyl (C=O) groups is 2. The number of halogens is 2. The first kappa shape index (κ1) is 23.2. The Morgan fingerprint density at radius 1 is 1.32 bits per heavy atom. The lowest BCUT2D eigenvalue weighted by atomic mass is 9.98. The minimum Gasteiger partial charge on any atom is -0.455 e. The third kappa shape index (κ3) is 5.41. The molecule has 0 saturated carbocycles. The second-order valence-corrected chi connectivity index (χ2v) is 9.49. The minimum atomic E-state index is -3.73. The van der Waals surface area contributed by atoms with Crippen molar-refractivity contribution in [2.75, 3.05) is 25.0 Å². The van der Waals surface area contributed by atoms with Gasteiger partial charge in [-0.3, -0.25) is 9.59 Å². The van der Waals surface area contributed by atoms with Gasteiger partial charge in [-0.2, -0.15) is 4.31 Å². The maximum absolute atomic E-state index is 13.2. The molecule has 1 aliphatic heterocycles. The lowest BCUT2D eigenvalue weighted by Gasteiger charge is -2.29. The highest BCUT2D eigenvalue weighted by Gasteiger charge is 2.34. The maximum Gasteiger partial charge on any atom is 0.309 e. The standard InChI is InChI=1S/C19H22ClFN4O5S/c1-12-22-18(10-24(12)2)31(28,29)25-7-5-13(6-8-25)19(27)30-11-17(26)23-14-3-4-16(21)15(20)9-14/h3-4,9-10,13H,5-8,11H2,1-2H3,(H,23,26). The van der Waals surface area contributed by atoms with E-state index in [0.717, 1.165) is 6.07 Å². The number of esters is 1. The Hall–Kier alpha value is -2.50. The number of nitrogens with zero attached hydrogens (tertiary/aromatic N) is 3. The van der Waals surface area contributed by atoms with Crippen LogP contribution in [0.2, 0.25) is 5.02 Å². The van der Waals surface area contributed by atoms with E-state index in [-0.39, 0.29) is 41.7 Å². The van der Waals surface area contributed by atoms with Crippen LogP contribution in [0.4, 0.5) is 10.1 Å². The average Bonchev–Trinajstić information content (AvgIpc) is 3.08. The molecule has 168 valence electrons. The molecule has 1 N–H and O–H groups in total. The number of rotatable bonds is 6. The molecule has 0 radical (unpaired) electrons. The number of carbonyl (C=O) groups excluding carboxylic acids is 2. The predicted octanol–water partition coefficient (Wildman–Crippen LogP) is 2.10. The second-order valence-electron chi connectivity index (χ2n) is 7.20. The zero-order valence-corrected chi connectivity index (χ0v) is 18.5. The van der Waals surface area contributed by atoms with E-state index in [4.69, 9.17) is 16.3 Å². The van der Waals surface area contributed by atoms with E-state index < -0.39 is 40.2 Å². The van der Waals surface area contributed by atoms with Crippen LogP contribution in [0.15, 0.2) is 29.4 Å². The molecule has 1 amide bonds. The Morgan fingerprint density at radius 2 is 2.00 bits per heavy atom. The number of imidazole rings is 1. The van der Waals surface area contributed by atoms with E-state index in [1.54, 1.807) is 18.5 Å². The van der Waals surface area contributed by atoms with Crippen molar-refractivity contribution in [2.45, 2.75) is 24.8 Å². The number of sulfonamides is 1. The molecule has 0 unspecified atom stereocenters. The Morgan fingerprint density at radius 3 is 2.58 bits per heavy atom. The SMILES string of the molecule is Cc1nc(S(=O)(=O)N2CCC(C(=O)OCC(=O)Nc3ccc(F)c(Cl)c3)CC2)cn1C. The van der Waals surface area contributed by atoms with Crippen LogP contribution in [0.25, 0.3) is 0 Å². The smallest absolute Gasteiger partial charge is 0.309 e. The molecular weight excluding hydrogens is 451 g/mol. The van der Waals surface area contributed by atoms with Gasteiger partial charge < -0.3 is 14.6 Å². The van der Waals surface area contributed by atoms with Gasteiger partial charge in [-0.1, -0.05) is 11.6 Å². The zero-order valence-electron chi connectivity index (χ0n) is 17.0. The van der Waals surface area contributed by atoms with Gasteiger partial charge in [0.15, 0.2) is 11.6 Å². The lowest BCUT2D eigenvalue weighted by molar-refractivity contribution is -0.152. The van der Waals surface area contributed by atoms with Gasteiger partial charge in [-0.05, 0) is 38.0 Å². The Bertz CT molecular complexity index is 1080. The number of anilines is 1. The van der Waals surface area contributed by atoms with Crippen molar-refractivity contribution in [1.82, 2.24) is 13.9 Å². The third-order valence-electron chi connectivity index (χ3n) is 5.03. The fourth-order valence-electron chi connectivity index (χ4n) is 3.14. The molecule has 2 aromatic rings. The van der Waals surface area contributed by atoms with Crippen molar-refractivity contribution >= 4 is 39.2 Å². The van der Waals surface area contributed by atoms with Crippen molar-refractivity contribution in [3.8, 4) is 0 Å². The molecule has 12 heteroatoms. The number of benzene rings is 1. The number of amides is 1. The summed E-state index contributed by atoms with van der Waals surface area (Å²) in [6, 6.07) is 3.69. The molecule has 2 heterocycles. The van der Waals surface area contributed by atoms with E-state index >= 15 is 0 Å². The summed E-state index contributed by atoms with van der Waals surface area (Å²) in [5.41, 5.74) is 0.274. The molecule has 1 aromatic heterocycles. The number of hydrogen-bond donors (Lipinski definition) is 1. The Kier molecular flexibility index (Phi) is 6.97. The number of piperidine rings is 1. The predicted molar refractivity (Wildman–Crippen MR) is 110 cm³/mol. The van der Waals surface area contributed by atoms with Crippen molar-refractivity contribution in [2.24, 2.45) is 13.0 Å². The molecule has 1 aliphatic rings. The first-order chi connectivity index (χ1) is 14.6. The topological polar surface area (TPSA) is 111 Å². The van der Waals surface area contributed by atoms with Crippen LogP contribution >= 0.6 is 11.6 Å². The number of aromatic nitrogens is 2. The molecule has 0 spiro atoms. The van der Waals surface area contributed by atoms with Gasteiger partial charge in [0, 0.05) is 32.0 Å². The summed E-state index contributed by atoms with van der Waals surface area (Å²) >= 11 is 5.65. The van der Waals surface area contributed by atoms with Crippen molar-refractivity contribution < 1.29 is 27.1 Å². The van der Waals surface area contributed by atoms with Crippen LogP contribution < -0.4 is 5.32 Å². The molecular formula is C19H22ClFN4O5S. The van der Waals surface area contributed by atoms with E-state index in [1.165, 1.54) is 22.6 Å². The minimum absolute atomic E-state index is 0.0221. The van der Waals surface area contributed by atoms with Crippen LogP contribution in [-0.4, -0.2) is 53.8 Å². The number of aryl methyl sites for hydroxylation is 2. The zero-order chi connectivity index (χ0) is 22.8. The van der Waals surface area contributed by atoms with Gasteiger partial charge in [-0.15, -0.1) is 0 Å². The fourth-order valence-corrected chi connectivity index (χ4v) is 4.82. The van der Waals surface area contributed by atoms with Gasteiger partial charge in [0.25, 0.3) is 15.9 Å². The largest absolute Gasteiger partial charge is 0.455 e. The average molecular weight is 473 g/mol. The highest BCUT2D eigenvalue weighted by molar-refractivity contribution is 7.89. The molecule has 3 rings (SSSR count). The summed E-state index contributed by atoms with van der Waals surface area (Å²) in [5.74, 6) is -1.71. The first-order valence-electron chi connectivity index (χ1n) is 9.49. The van der Waals surface area contributed by atoms with E-state index in [9.17, 15) is 22.4 Å². The summed E-state index contributed by atoms with van der Waals surface area (Å²) in [5, 5.41) is 2.29. The van der Waals surface area contributed by atoms with Gasteiger partial charge >= 0.3 is 5.97 Å². The van der Waals surface area contributed by atoms with Crippen molar-refractivity contribution in [3.63, 3.8) is 0 Å². The van der Waals surface area contributed by atoms with E-state index in [1.807, 2.05) is 0 Å². The van der Waals surface area contributed by atoms with Crippen LogP contribution in [-0.2, 0) is 31.4 Å². The van der Waals surface area contributed by atoms with Crippen LogP contribution in [0.3, 0.4) is 0 Å². The Labute approximate surface area is 184 Å². The van der Waals surface area contributed by atoms with E-state index in [0.29, 0.717) is 5.82 Å². The number of hydrogen-bond acceptors (Lipinski definition) is 6. The summed E-state index contributed by atoms with van der Waals surface area (Å²) in [7, 11) is -2.02. The highest BCUT2D eigenvalue weighted by atomic mass is 35.5. The molecule has 31 heavy (non-hydrogen) atoms. The number of nitrogens with one attached hydrogen (secondary N) is 1. The summed E-state index contributed by atoms with van der Waals surface area (Å²) in [6.07, 6.45) is 2.01. The molecule has 0 atom stereocenters. The molecule has 1 aromatic carbocycles. The Balaban J connectivity index is 1.48. The molecule has 0 aliphatic carbocycles. The van der Waals surface area contributed by atoms with Gasteiger partial charge in [0.1, 0.15) is 11.6 Å². The van der Waals surface area contributed by atoms with Crippen LogP contribution in [0.5, 0.6) is 0 Å². The normalized spacial score (nSPS) is 15.6.